The molecule has 1 unspecified atom stereocenters. The normalized spacial score (nSPS) is 20.8. The van der Waals surface area contributed by atoms with Gasteiger partial charge in [0, 0.05) is 18.3 Å². The maximum Gasteiger partial charge on any atom is 0.234 e. The van der Waals surface area contributed by atoms with Crippen LogP contribution in [-0.2, 0) is 4.74 Å². The van der Waals surface area contributed by atoms with Gasteiger partial charge in [0.15, 0.2) is 5.65 Å². The average molecular weight is 248 g/mol. The van der Waals surface area contributed by atoms with Crippen LogP contribution in [0.4, 0.5) is 0 Å². The Bertz CT molecular complexity index is 532. The van der Waals surface area contributed by atoms with Gasteiger partial charge in [-0.05, 0) is 13.0 Å². The summed E-state index contributed by atoms with van der Waals surface area (Å²) >= 11 is 0. The van der Waals surface area contributed by atoms with Gasteiger partial charge >= 0.3 is 0 Å². The van der Waals surface area contributed by atoms with Crippen molar-refractivity contribution in [2.45, 2.75) is 12.5 Å². The highest BCUT2D eigenvalue weighted by Crippen LogP contribution is 2.28. The summed E-state index contributed by atoms with van der Waals surface area (Å²) in [5.74, 6) is 0.513. The molecule has 0 aromatic carbocycles. The number of aromatic amines is 1. The minimum Gasteiger partial charge on any atom is -0.480 e. The Hall–Kier alpha value is -1.66. The number of ether oxygens (including phenoxy) is 2. The van der Waals surface area contributed by atoms with E-state index in [1.165, 1.54) is 0 Å². The van der Waals surface area contributed by atoms with Gasteiger partial charge in [-0.25, -0.2) is 4.98 Å². The first kappa shape index (κ1) is 11.4. The van der Waals surface area contributed by atoms with E-state index in [1.54, 1.807) is 13.3 Å². The van der Waals surface area contributed by atoms with Gasteiger partial charge in [-0.2, -0.15) is 4.98 Å². The lowest BCUT2D eigenvalue weighted by Crippen LogP contribution is -2.16. The van der Waals surface area contributed by atoms with E-state index in [0.29, 0.717) is 5.88 Å². The number of hydrogen-bond donors (Lipinski definition) is 2. The van der Waals surface area contributed by atoms with Crippen molar-refractivity contribution in [3.8, 4) is 5.88 Å². The molecule has 2 aromatic heterocycles. The number of nitrogens with zero attached hydrogens (tertiary/aromatic N) is 2. The maximum absolute atomic E-state index is 5.83. The van der Waals surface area contributed by atoms with Gasteiger partial charge in [0.25, 0.3) is 0 Å². The SMILES string of the molecule is COc1cnc2c(C3CCNCCO3)c[nH]c2n1. The molecule has 0 spiro atoms. The van der Waals surface area contributed by atoms with Crippen molar-refractivity contribution in [1.29, 1.82) is 0 Å². The van der Waals surface area contributed by atoms with Gasteiger partial charge in [0.1, 0.15) is 5.52 Å². The van der Waals surface area contributed by atoms with E-state index >= 15 is 0 Å². The highest BCUT2D eigenvalue weighted by molar-refractivity contribution is 5.75. The number of methoxy groups -OCH3 is 1. The summed E-state index contributed by atoms with van der Waals surface area (Å²) in [5, 5.41) is 3.31. The van der Waals surface area contributed by atoms with Crippen LogP contribution in [0.1, 0.15) is 18.1 Å². The lowest BCUT2D eigenvalue weighted by molar-refractivity contribution is 0.0653. The van der Waals surface area contributed by atoms with Crippen LogP contribution >= 0.6 is 0 Å². The summed E-state index contributed by atoms with van der Waals surface area (Å²) < 4.78 is 10.9. The quantitative estimate of drug-likeness (QED) is 0.830. The smallest absolute Gasteiger partial charge is 0.234 e. The molecule has 1 aliphatic heterocycles. The highest BCUT2D eigenvalue weighted by atomic mass is 16.5. The number of fused-ring (bicyclic) bond motifs is 1. The Kier molecular flexibility index (Phi) is 3.12. The van der Waals surface area contributed by atoms with Crippen molar-refractivity contribution in [3.63, 3.8) is 0 Å². The van der Waals surface area contributed by atoms with E-state index in [2.05, 4.69) is 20.3 Å². The fraction of sp³-hybridized carbons (Fsp3) is 0.500. The van der Waals surface area contributed by atoms with Gasteiger partial charge in [-0.15, -0.1) is 0 Å². The van der Waals surface area contributed by atoms with Gasteiger partial charge in [-0.3, -0.25) is 0 Å². The number of nitrogens with one attached hydrogen (secondary N) is 2. The maximum atomic E-state index is 5.83. The van der Waals surface area contributed by atoms with Crippen molar-refractivity contribution in [2.75, 3.05) is 26.8 Å². The largest absolute Gasteiger partial charge is 0.480 e. The van der Waals surface area contributed by atoms with Crippen molar-refractivity contribution in [2.24, 2.45) is 0 Å². The molecule has 1 aliphatic rings. The predicted octanol–water partition coefficient (Wildman–Crippen LogP) is 1.02. The third-order valence-electron chi connectivity index (χ3n) is 3.13. The molecule has 0 bridgehead atoms. The molecule has 96 valence electrons. The second-order valence-electron chi connectivity index (χ2n) is 4.25. The highest BCUT2D eigenvalue weighted by Gasteiger charge is 2.19. The summed E-state index contributed by atoms with van der Waals surface area (Å²) in [4.78, 5) is 11.8. The van der Waals surface area contributed by atoms with E-state index in [1.807, 2.05) is 6.20 Å². The molecule has 0 aliphatic carbocycles. The summed E-state index contributed by atoms with van der Waals surface area (Å²) in [6, 6.07) is 0. The lowest BCUT2D eigenvalue weighted by atomic mass is 10.1. The molecule has 2 aromatic rings. The summed E-state index contributed by atoms with van der Waals surface area (Å²) in [6.07, 6.45) is 4.59. The summed E-state index contributed by atoms with van der Waals surface area (Å²) in [6.45, 7) is 2.58. The van der Waals surface area contributed by atoms with Gasteiger partial charge < -0.3 is 19.8 Å². The monoisotopic (exact) mass is 248 g/mol. The zero-order chi connectivity index (χ0) is 12.4. The fourth-order valence-electron chi connectivity index (χ4n) is 2.20. The zero-order valence-corrected chi connectivity index (χ0v) is 10.3. The Morgan fingerprint density at radius 3 is 3.28 bits per heavy atom. The third-order valence-corrected chi connectivity index (χ3v) is 3.13. The Morgan fingerprint density at radius 1 is 1.44 bits per heavy atom. The Balaban J connectivity index is 1.96. The van der Waals surface area contributed by atoms with Crippen LogP contribution in [0.5, 0.6) is 5.88 Å². The molecule has 0 saturated carbocycles. The van der Waals surface area contributed by atoms with Gasteiger partial charge in [0.2, 0.25) is 5.88 Å². The van der Waals surface area contributed by atoms with Gasteiger partial charge in [0.05, 0.1) is 26.0 Å². The van der Waals surface area contributed by atoms with E-state index in [0.717, 1.165) is 42.8 Å². The molecule has 0 amide bonds. The molecule has 6 nitrogen and oxygen atoms in total. The molecule has 1 atom stereocenters. The topological polar surface area (TPSA) is 72.1 Å². The molecule has 18 heavy (non-hydrogen) atoms. The lowest BCUT2D eigenvalue weighted by Gasteiger charge is -2.12. The molecule has 1 fully saturated rings. The molecule has 6 heteroatoms. The molecule has 3 rings (SSSR count). The van der Waals surface area contributed by atoms with Crippen LogP contribution in [0.25, 0.3) is 11.2 Å². The van der Waals surface area contributed by atoms with Crippen molar-refractivity contribution in [1.82, 2.24) is 20.3 Å². The summed E-state index contributed by atoms with van der Waals surface area (Å²) in [5.41, 5.74) is 2.68. The molecule has 1 saturated heterocycles. The van der Waals surface area contributed by atoms with Crippen LogP contribution in [0.15, 0.2) is 12.4 Å². The van der Waals surface area contributed by atoms with Crippen LogP contribution in [0.3, 0.4) is 0 Å². The van der Waals surface area contributed by atoms with Crippen LogP contribution in [-0.4, -0.2) is 41.8 Å². The first-order chi connectivity index (χ1) is 8.88. The second-order valence-corrected chi connectivity index (χ2v) is 4.25. The second kappa shape index (κ2) is 4.91. The van der Waals surface area contributed by atoms with Crippen LogP contribution < -0.4 is 10.1 Å². The van der Waals surface area contributed by atoms with Crippen molar-refractivity contribution < 1.29 is 9.47 Å². The fourth-order valence-corrected chi connectivity index (χ4v) is 2.20. The van der Waals surface area contributed by atoms with E-state index in [9.17, 15) is 0 Å². The molecule has 2 N–H and O–H groups in total. The van der Waals surface area contributed by atoms with E-state index in [4.69, 9.17) is 9.47 Å². The Morgan fingerprint density at radius 2 is 2.39 bits per heavy atom. The zero-order valence-electron chi connectivity index (χ0n) is 10.3. The third kappa shape index (κ3) is 2.04. The average Bonchev–Trinajstić information content (AvgIpc) is 2.64. The minimum atomic E-state index is 0.0800. The standard InChI is InChI=1S/C12H16N4O2/c1-17-10-7-14-11-8(6-15-12(11)16-10)9-2-3-13-4-5-18-9/h6-7,9,13H,2-5H2,1H3,(H,15,16). The van der Waals surface area contributed by atoms with Crippen molar-refractivity contribution in [3.05, 3.63) is 18.0 Å². The number of hydrogen-bond acceptors (Lipinski definition) is 5. The Labute approximate surface area is 105 Å². The van der Waals surface area contributed by atoms with Gasteiger partial charge in [-0.1, -0.05) is 0 Å². The summed E-state index contributed by atoms with van der Waals surface area (Å²) in [7, 11) is 1.58. The number of aromatic nitrogens is 3. The number of H-pyrrole nitrogens is 1. The predicted molar refractivity (Wildman–Crippen MR) is 66.6 cm³/mol. The van der Waals surface area contributed by atoms with E-state index in [-0.39, 0.29) is 6.10 Å². The molecular weight excluding hydrogens is 232 g/mol. The first-order valence-electron chi connectivity index (χ1n) is 6.09. The first-order valence-corrected chi connectivity index (χ1v) is 6.09. The molecule has 3 heterocycles. The minimum absolute atomic E-state index is 0.0800. The van der Waals surface area contributed by atoms with Crippen molar-refractivity contribution >= 4 is 11.2 Å². The number of rotatable bonds is 2. The molecular formula is C12H16N4O2. The molecule has 0 radical (unpaired) electrons. The van der Waals surface area contributed by atoms with Crippen LogP contribution in [0.2, 0.25) is 0 Å². The van der Waals surface area contributed by atoms with E-state index < -0.39 is 0 Å². The van der Waals surface area contributed by atoms with Crippen LogP contribution in [0, 0.1) is 0 Å².